The van der Waals surface area contributed by atoms with E-state index >= 15 is 0 Å². The molecular formula is C36H32N4O4. The van der Waals surface area contributed by atoms with Crippen molar-refractivity contribution >= 4 is 29.1 Å². The van der Waals surface area contributed by atoms with Crippen LogP contribution in [0.25, 0.3) is 0 Å². The number of nitrogens with zero attached hydrogens (tertiary/aromatic N) is 2. The van der Waals surface area contributed by atoms with Crippen molar-refractivity contribution in [1.82, 2.24) is 5.32 Å². The van der Waals surface area contributed by atoms with Crippen molar-refractivity contribution < 1.29 is 19.1 Å². The van der Waals surface area contributed by atoms with E-state index in [9.17, 15) is 9.59 Å². The Balaban J connectivity index is 1.22. The lowest BCUT2D eigenvalue weighted by atomic mass is 10.0. The van der Waals surface area contributed by atoms with E-state index in [4.69, 9.17) is 9.47 Å². The molecule has 0 saturated heterocycles. The highest BCUT2D eigenvalue weighted by molar-refractivity contribution is 5.96. The fraction of sp³-hybridized carbons (Fsp3) is 0.111. The first-order chi connectivity index (χ1) is 21.6. The van der Waals surface area contributed by atoms with Crippen LogP contribution >= 0.6 is 0 Å². The number of anilines is 1. The summed E-state index contributed by atoms with van der Waals surface area (Å²) in [6.45, 7) is 0.542. The average Bonchev–Trinajstić information content (AvgIpc) is 3.08. The number of ether oxygens (including phenoxy) is 2. The van der Waals surface area contributed by atoms with Gasteiger partial charge in [-0.15, -0.1) is 0 Å². The van der Waals surface area contributed by atoms with Gasteiger partial charge < -0.3 is 20.1 Å². The normalized spacial score (nSPS) is 11.5. The second kappa shape index (κ2) is 15.5. The molecule has 0 aliphatic rings. The first-order valence-corrected chi connectivity index (χ1v) is 14.2. The number of rotatable bonds is 12. The third-order valence-electron chi connectivity index (χ3n) is 6.60. The average molecular weight is 585 g/mol. The molecule has 0 radical (unpaired) electrons. The van der Waals surface area contributed by atoms with Crippen molar-refractivity contribution in [3.05, 3.63) is 156 Å². The molecule has 8 heteroatoms. The number of carbonyl (C=O) groups is 2. The first kappa shape index (κ1) is 29.7. The minimum atomic E-state index is -0.896. The summed E-state index contributed by atoms with van der Waals surface area (Å²) in [5, 5.41) is 14.1. The van der Waals surface area contributed by atoms with E-state index in [1.54, 1.807) is 24.3 Å². The summed E-state index contributed by atoms with van der Waals surface area (Å²) >= 11 is 0. The summed E-state index contributed by atoms with van der Waals surface area (Å²) in [6.07, 6.45) is -0.442. The van der Waals surface area contributed by atoms with Gasteiger partial charge in [0.2, 0.25) is 5.91 Å². The summed E-state index contributed by atoms with van der Waals surface area (Å²) in [7, 11) is 0. The number of alkyl carbamates (subject to hydrolysis) is 1. The van der Waals surface area contributed by atoms with Crippen LogP contribution in [0.3, 0.4) is 0 Å². The Hall–Kier alpha value is -5.76. The van der Waals surface area contributed by atoms with E-state index in [1.165, 1.54) is 0 Å². The quantitative estimate of drug-likeness (QED) is 0.144. The van der Waals surface area contributed by atoms with Gasteiger partial charge >= 0.3 is 6.09 Å². The van der Waals surface area contributed by atoms with E-state index in [0.717, 1.165) is 22.4 Å². The van der Waals surface area contributed by atoms with Gasteiger partial charge in [-0.3, -0.25) is 4.79 Å². The Bertz CT molecular complexity index is 1640. The van der Waals surface area contributed by atoms with Crippen molar-refractivity contribution in [3.63, 3.8) is 0 Å². The van der Waals surface area contributed by atoms with Crippen LogP contribution in [-0.4, -0.2) is 18.0 Å². The van der Waals surface area contributed by atoms with Crippen molar-refractivity contribution in [1.29, 1.82) is 0 Å². The topological polar surface area (TPSA) is 101 Å². The molecule has 5 rings (SSSR count). The van der Waals surface area contributed by atoms with Crippen LogP contribution in [0.5, 0.6) is 5.75 Å². The SMILES string of the molecule is O=C(N[C@H](Cc1ccc(OCc2ccccc2)cc1)C(=O)Nc1ccc(N=Nc2ccccc2)cc1)OCc1ccccc1. The van der Waals surface area contributed by atoms with Gasteiger partial charge in [0, 0.05) is 12.1 Å². The standard InChI is InChI=1S/C36H32N4O4/c41-35(37-30-18-20-32(21-19-30)40-39-31-14-8-3-9-15-31)34(38-36(42)44-26-29-12-6-2-7-13-29)24-27-16-22-33(23-17-27)43-25-28-10-4-1-5-11-28/h1-23,34H,24-26H2,(H,37,41)(H,38,42)/t34-/m1/s1. The largest absolute Gasteiger partial charge is 0.489 e. The number of nitrogens with one attached hydrogen (secondary N) is 2. The maximum Gasteiger partial charge on any atom is 0.408 e. The van der Waals surface area contributed by atoms with E-state index in [2.05, 4.69) is 20.9 Å². The Morgan fingerprint density at radius 1 is 0.591 bits per heavy atom. The number of amides is 2. The summed E-state index contributed by atoms with van der Waals surface area (Å²) < 4.78 is 11.3. The van der Waals surface area contributed by atoms with Crippen LogP contribution in [0.2, 0.25) is 0 Å². The Morgan fingerprint density at radius 3 is 1.75 bits per heavy atom. The van der Waals surface area contributed by atoms with Crippen molar-refractivity contribution in [2.24, 2.45) is 10.2 Å². The molecule has 0 saturated carbocycles. The third kappa shape index (κ3) is 9.39. The fourth-order valence-corrected chi connectivity index (χ4v) is 4.27. The molecule has 5 aromatic rings. The molecule has 1 atom stereocenters. The van der Waals surface area contributed by atoms with Crippen molar-refractivity contribution in [2.45, 2.75) is 25.7 Å². The molecule has 0 aliphatic heterocycles. The molecule has 220 valence electrons. The second-order valence-corrected chi connectivity index (χ2v) is 9.95. The predicted molar refractivity (Wildman–Crippen MR) is 170 cm³/mol. The van der Waals surface area contributed by atoms with Crippen LogP contribution < -0.4 is 15.4 Å². The van der Waals surface area contributed by atoms with E-state index in [-0.39, 0.29) is 18.9 Å². The molecule has 2 N–H and O–H groups in total. The molecule has 8 nitrogen and oxygen atoms in total. The van der Waals surface area contributed by atoms with Crippen molar-refractivity contribution in [2.75, 3.05) is 5.32 Å². The summed E-state index contributed by atoms with van der Waals surface area (Å²) in [6, 6.07) is 42.2. The summed E-state index contributed by atoms with van der Waals surface area (Å²) in [5.74, 6) is 0.322. The molecule has 0 aromatic heterocycles. The molecular weight excluding hydrogens is 552 g/mol. The third-order valence-corrected chi connectivity index (χ3v) is 6.60. The van der Waals surface area contributed by atoms with Crippen LogP contribution in [0, 0.1) is 0 Å². The maximum absolute atomic E-state index is 13.4. The second-order valence-electron chi connectivity index (χ2n) is 9.95. The number of azo groups is 1. The fourth-order valence-electron chi connectivity index (χ4n) is 4.27. The lowest BCUT2D eigenvalue weighted by Gasteiger charge is -2.19. The number of hydrogen-bond donors (Lipinski definition) is 2. The van der Waals surface area contributed by atoms with E-state index in [0.29, 0.717) is 23.7 Å². The zero-order valence-corrected chi connectivity index (χ0v) is 24.0. The van der Waals surface area contributed by atoms with Crippen LogP contribution in [-0.2, 0) is 29.2 Å². The monoisotopic (exact) mass is 584 g/mol. The predicted octanol–water partition coefficient (Wildman–Crippen LogP) is 8.16. The Kier molecular flexibility index (Phi) is 10.4. The summed E-state index contributed by atoms with van der Waals surface area (Å²) in [4.78, 5) is 26.1. The highest BCUT2D eigenvalue weighted by atomic mass is 16.5. The molecule has 0 spiro atoms. The zero-order valence-electron chi connectivity index (χ0n) is 24.0. The van der Waals surface area contributed by atoms with Gasteiger partial charge in [-0.1, -0.05) is 91.0 Å². The van der Waals surface area contributed by atoms with Crippen molar-refractivity contribution in [3.8, 4) is 5.75 Å². The van der Waals surface area contributed by atoms with Gasteiger partial charge in [0.1, 0.15) is 25.0 Å². The van der Waals surface area contributed by atoms with Gasteiger partial charge in [-0.05, 0) is 65.2 Å². The molecule has 0 bridgehead atoms. The van der Waals surface area contributed by atoms with Gasteiger partial charge in [0.05, 0.1) is 11.4 Å². The summed E-state index contributed by atoms with van der Waals surface area (Å²) in [5.41, 5.74) is 4.70. The number of hydrogen-bond acceptors (Lipinski definition) is 6. The molecule has 0 heterocycles. The zero-order chi connectivity index (χ0) is 30.4. The lowest BCUT2D eigenvalue weighted by Crippen LogP contribution is -2.45. The molecule has 44 heavy (non-hydrogen) atoms. The molecule has 0 unspecified atom stereocenters. The molecule has 2 amide bonds. The number of carbonyl (C=O) groups excluding carboxylic acids is 2. The van der Waals surface area contributed by atoms with Crippen LogP contribution in [0.15, 0.2) is 150 Å². The van der Waals surface area contributed by atoms with Crippen LogP contribution in [0.4, 0.5) is 21.9 Å². The number of benzene rings is 5. The molecule has 0 fully saturated rings. The molecule has 5 aromatic carbocycles. The highest BCUT2D eigenvalue weighted by Gasteiger charge is 2.22. The minimum absolute atomic E-state index is 0.0907. The van der Waals surface area contributed by atoms with Gasteiger partial charge in [-0.2, -0.15) is 10.2 Å². The Labute approximate surface area is 256 Å². The van der Waals surface area contributed by atoms with Gasteiger partial charge in [-0.25, -0.2) is 4.79 Å². The highest BCUT2D eigenvalue weighted by Crippen LogP contribution is 2.21. The Morgan fingerprint density at radius 2 is 1.14 bits per heavy atom. The molecule has 0 aliphatic carbocycles. The van der Waals surface area contributed by atoms with Gasteiger partial charge in [0.15, 0.2) is 0 Å². The first-order valence-electron chi connectivity index (χ1n) is 14.2. The van der Waals surface area contributed by atoms with E-state index < -0.39 is 12.1 Å². The van der Waals surface area contributed by atoms with Crippen LogP contribution in [0.1, 0.15) is 16.7 Å². The van der Waals surface area contributed by atoms with Gasteiger partial charge in [0.25, 0.3) is 0 Å². The minimum Gasteiger partial charge on any atom is -0.489 e. The lowest BCUT2D eigenvalue weighted by molar-refractivity contribution is -0.118. The maximum atomic E-state index is 13.4. The smallest absolute Gasteiger partial charge is 0.408 e. The van der Waals surface area contributed by atoms with E-state index in [1.807, 2.05) is 115 Å².